The fourth-order valence-electron chi connectivity index (χ4n) is 1.36. The number of ether oxygens (including phenoxy) is 1. The fourth-order valence-corrected chi connectivity index (χ4v) is 1.74. The van der Waals surface area contributed by atoms with Gasteiger partial charge in [-0.1, -0.05) is 28.1 Å². The lowest BCUT2D eigenvalue weighted by Gasteiger charge is -2.16. The van der Waals surface area contributed by atoms with E-state index in [4.69, 9.17) is 4.74 Å². The highest BCUT2D eigenvalue weighted by atomic mass is 79.9. The molecule has 0 aliphatic rings. The Morgan fingerprint density at radius 3 is 2.67 bits per heavy atom. The Kier molecular flexibility index (Phi) is 4.77. The highest BCUT2D eigenvalue weighted by Gasteiger charge is 2.12. The van der Waals surface area contributed by atoms with Gasteiger partial charge in [0.05, 0.1) is 12.7 Å². The molecule has 1 aromatic carbocycles. The van der Waals surface area contributed by atoms with Crippen molar-refractivity contribution >= 4 is 15.9 Å². The van der Waals surface area contributed by atoms with Crippen molar-refractivity contribution in [1.82, 2.24) is 0 Å². The molecule has 1 aromatic rings. The zero-order valence-corrected chi connectivity index (χ0v) is 10.9. The van der Waals surface area contributed by atoms with Crippen LogP contribution in [0.2, 0.25) is 0 Å². The average molecular weight is 273 g/mol. The Morgan fingerprint density at radius 2 is 2.07 bits per heavy atom. The van der Waals surface area contributed by atoms with Crippen molar-refractivity contribution in [1.29, 1.82) is 0 Å². The molecule has 0 amide bonds. The number of hydrogen-bond donors (Lipinski definition) is 1. The second-order valence-electron chi connectivity index (χ2n) is 3.85. The number of halogens is 1. The third-order valence-corrected chi connectivity index (χ3v) is 3.12. The van der Waals surface area contributed by atoms with E-state index in [2.05, 4.69) is 15.9 Å². The maximum atomic E-state index is 9.93. The van der Waals surface area contributed by atoms with Crippen molar-refractivity contribution in [2.45, 2.75) is 33.0 Å². The van der Waals surface area contributed by atoms with Crippen molar-refractivity contribution in [2.24, 2.45) is 0 Å². The smallest absolute Gasteiger partial charge is 0.103 e. The predicted octanol–water partition coefficient (Wildman–Crippen LogP) is 3.22. The number of rotatable bonds is 4. The minimum atomic E-state index is -0.551. The first-order valence-corrected chi connectivity index (χ1v) is 5.86. The molecular formula is C12H17BrO2. The van der Waals surface area contributed by atoms with Crippen LogP contribution in [0.3, 0.4) is 0 Å². The molecule has 0 spiro atoms. The van der Waals surface area contributed by atoms with Crippen molar-refractivity contribution in [3.05, 3.63) is 33.8 Å². The van der Waals surface area contributed by atoms with Crippen molar-refractivity contribution in [3.8, 4) is 0 Å². The first kappa shape index (κ1) is 12.7. The highest BCUT2D eigenvalue weighted by molar-refractivity contribution is 9.10. The third kappa shape index (κ3) is 3.59. The number of hydrogen-bond acceptors (Lipinski definition) is 2. The molecule has 15 heavy (non-hydrogen) atoms. The molecule has 0 heterocycles. The Labute approximate surface area is 99.4 Å². The lowest BCUT2D eigenvalue weighted by Crippen LogP contribution is -2.12. The van der Waals surface area contributed by atoms with Crippen LogP contribution >= 0.6 is 15.9 Å². The normalized spacial score (nSPS) is 13.2. The average Bonchev–Trinajstić information content (AvgIpc) is 2.18. The summed E-state index contributed by atoms with van der Waals surface area (Å²) in [4.78, 5) is 0. The molecule has 0 fully saturated rings. The number of benzene rings is 1. The van der Waals surface area contributed by atoms with E-state index in [1.54, 1.807) is 0 Å². The standard InChI is InChI=1S/C12H17BrO2/c1-8(2)15-7-12(14)10-5-4-6-11(13)9(10)3/h4-6,8,12,14H,7H2,1-3H3. The minimum Gasteiger partial charge on any atom is -0.386 e. The minimum absolute atomic E-state index is 0.145. The third-order valence-electron chi connectivity index (χ3n) is 2.26. The molecule has 2 nitrogen and oxygen atoms in total. The molecule has 0 radical (unpaired) electrons. The Bertz CT molecular complexity index is 323. The Balaban J connectivity index is 2.73. The molecule has 1 unspecified atom stereocenters. The lowest BCUT2D eigenvalue weighted by atomic mass is 10.0. The van der Waals surface area contributed by atoms with E-state index in [-0.39, 0.29) is 6.10 Å². The van der Waals surface area contributed by atoms with Gasteiger partial charge in [0.1, 0.15) is 6.10 Å². The van der Waals surface area contributed by atoms with Gasteiger partial charge in [-0.05, 0) is 38.0 Å². The zero-order valence-electron chi connectivity index (χ0n) is 9.33. The highest BCUT2D eigenvalue weighted by Crippen LogP contribution is 2.24. The van der Waals surface area contributed by atoms with Crippen LogP contribution in [-0.2, 0) is 4.74 Å². The van der Waals surface area contributed by atoms with Gasteiger partial charge >= 0.3 is 0 Å². The van der Waals surface area contributed by atoms with Crippen LogP contribution in [0.15, 0.2) is 22.7 Å². The molecular weight excluding hydrogens is 256 g/mol. The maximum Gasteiger partial charge on any atom is 0.103 e. The van der Waals surface area contributed by atoms with Gasteiger partial charge in [-0.3, -0.25) is 0 Å². The summed E-state index contributed by atoms with van der Waals surface area (Å²) >= 11 is 3.44. The van der Waals surface area contributed by atoms with Gasteiger partial charge in [0.15, 0.2) is 0 Å². The van der Waals surface area contributed by atoms with Gasteiger partial charge in [0.25, 0.3) is 0 Å². The van der Waals surface area contributed by atoms with Gasteiger partial charge in [-0.15, -0.1) is 0 Å². The van der Waals surface area contributed by atoms with Crippen molar-refractivity contribution in [2.75, 3.05) is 6.61 Å². The van der Waals surface area contributed by atoms with Crippen LogP contribution in [-0.4, -0.2) is 17.8 Å². The van der Waals surface area contributed by atoms with E-state index in [1.165, 1.54) is 0 Å². The molecule has 0 saturated carbocycles. The molecule has 1 rings (SSSR count). The summed E-state index contributed by atoms with van der Waals surface area (Å²) in [5.74, 6) is 0. The number of aliphatic hydroxyl groups excluding tert-OH is 1. The van der Waals surface area contributed by atoms with Gasteiger partial charge in [0, 0.05) is 4.47 Å². The Hall–Kier alpha value is -0.380. The van der Waals surface area contributed by atoms with Gasteiger partial charge in [-0.2, -0.15) is 0 Å². The topological polar surface area (TPSA) is 29.5 Å². The summed E-state index contributed by atoms with van der Waals surface area (Å²) in [6.45, 7) is 6.24. The van der Waals surface area contributed by atoms with Crippen molar-refractivity contribution in [3.63, 3.8) is 0 Å². The second kappa shape index (κ2) is 5.64. The molecule has 0 saturated heterocycles. The summed E-state index contributed by atoms with van der Waals surface area (Å²) in [5.41, 5.74) is 1.99. The summed E-state index contributed by atoms with van der Waals surface area (Å²) in [6.07, 6.45) is -0.406. The SMILES string of the molecule is Cc1c(Br)cccc1C(O)COC(C)C. The molecule has 3 heteroatoms. The Morgan fingerprint density at radius 1 is 1.40 bits per heavy atom. The van der Waals surface area contributed by atoms with Crippen LogP contribution in [0, 0.1) is 6.92 Å². The van der Waals surface area contributed by atoms with E-state index in [0.717, 1.165) is 15.6 Å². The molecule has 0 aromatic heterocycles. The van der Waals surface area contributed by atoms with Gasteiger partial charge < -0.3 is 9.84 Å². The molecule has 1 atom stereocenters. The summed E-state index contributed by atoms with van der Waals surface area (Å²) in [7, 11) is 0. The zero-order chi connectivity index (χ0) is 11.4. The van der Waals surface area contributed by atoms with Crippen LogP contribution in [0.4, 0.5) is 0 Å². The van der Waals surface area contributed by atoms with E-state index in [1.807, 2.05) is 39.0 Å². The van der Waals surface area contributed by atoms with E-state index < -0.39 is 6.10 Å². The van der Waals surface area contributed by atoms with Crippen LogP contribution in [0.1, 0.15) is 31.1 Å². The van der Waals surface area contributed by atoms with E-state index >= 15 is 0 Å². The van der Waals surface area contributed by atoms with Crippen LogP contribution in [0.5, 0.6) is 0 Å². The first-order valence-electron chi connectivity index (χ1n) is 5.07. The maximum absolute atomic E-state index is 9.93. The quantitative estimate of drug-likeness (QED) is 0.912. The fraction of sp³-hybridized carbons (Fsp3) is 0.500. The first-order chi connectivity index (χ1) is 7.02. The lowest BCUT2D eigenvalue weighted by molar-refractivity contribution is 0.00467. The number of aliphatic hydroxyl groups is 1. The van der Waals surface area contributed by atoms with E-state index in [9.17, 15) is 5.11 Å². The molecule has 1 N–H and O–H groups in total. The monoisotopic (exact) mass is 272 g/mol. The van der Waals surface area contributed by atoms with Gasteiger partial charge in [0.2, 0.25) is 0 Å². The summed E-state index contributed by atoms with van der Waals surface area (Å²) < 4.78 is 6.40. The van der Waals surface area contributed by atoms with Gasteiger partial charge in [-0.25, -0.2) is 0 Å². The second-order valence-corrected chi connectivity index (χ2v) is 4.71. The molecule has 0 aliphatic carbocycles. The molecule has 0 bridgehead atoms. The van der Waals surface area contributed by atoms with Crippen molar-refractivity contribution < 1.29 is 9.84 Å². The molecule has 0 aliphatic heterocycles. The summed E-state index contributed by atoms with van der Waals surface area (Å²) in [6, 6.07) is 5.81. The molecule has 84 valence electrons. The van der Waals surface area contributed by atoms with Crippen LogP contribution < -0.4 is 0 Å². The van der Waals surface area contributed by atoms with E-state index in [0.29, 0.717) is 6.61 Å². The van der Waals surface area contributed by atoms with Crippen LogP contribution in [0.25, 0.3) is 0 Å². The summed E-state index contributed by atoms with van der Waals surface area (Å²) in [5, 5.41) is 9.93. The predicted molar refractivity (Wildman–Crippen MR) is 64.9 cm³/mol. The largest absolute Gasteiger partial charge is 0.386 e.